The molecule has 0 aromatic heterocycles. The summed E-state index contributed by atoms with van der Waals surface area (Å²) in [6, 6.07) is 8.84. The van der Waals surface area contributed by atoms with Crippen LogP contribution in [0.25, 0.3) is 0 Å². The van der Waals surface area contributed by atoms with Crippen LogP contribution in [0, 0.1) is 11.6 Å². The normalized spacial score (nSPS) is 12.7. The van der Waals surface area contributed by atoms with Crippen molar-refractivity contribution in [3.63, 3.8) is 0 Å². The lowest BCUT2D eigenvalue weighted by atomic mass is 10.1. The smallest absolute Gasteiger partial charge is 0.228 e. The van der Waals surface area contributed by atoms with Gasteiger partial charge in [0, 0.05) is 24.0 Å². The van der Waals surface area contributed by atoms with E-state index in [1.807, 2.05) is 12.1 Å². The Balaban J connectivity index is 1.69. The van der Waals surface area contributed by atoms with Crippen LogP contribution < -0.4 is 10.6 Å². The maximum absolute atomic E-state index is 13.5. The maximum Gasteiger partial charge on any atom is 0.228 e. The first-order chi connectivity index (χ1) is 10.1. The highest BCUT2D eigenvalue weighted by Gasteiger charge is 2.12. The molecule has 3 nitrogen and oxygen atoms in total. The van der Waals surface area contributed by atoms with Crippen molar-refractivity contribution in [3.05, 3.63) is 59.2 Å². The van der Waals surface area contributed by atoms with Crippen LogP contribution in [-0.2, 0) is 17.6 Å². The molecule has 3 rings (SSSR count). The Morgan fingerprint density at radius 2 is 2.05 bits per heavy atom. The van der Waals surface area contributed by atoms with E-state index >= 15 is 0 Å². The van der Waals surface area contributed by atoms with E-state index in [0.717, 1.165) is 36.3 Å². The molecule has 21 heavy (non-hydrogen) atoms. The summed E-state index contributed by atoms with van der Waals surface area (Å²) in [5.41, 5.74) is 3.10. The molecule has 0 saturated carbocycles. The molecule has 5 heteroatoms. The van der Waals surface area contributed by atoms with Crippen molar-refractivity contribution in [2.45, 2.75) is 12.8 Å². The number of hydrogen-bond donors (Lipinski definition) is 2. The zero-order valence-electron chi connectivity index (χ0n) is 11.2. The van der Waals surface area contributed by atoms with Crippen molar-refractivity contribution < 1.29 is 13.6 Å². The second kappa shape index (κ2) is 5.52. The summed E-state index contributed by atoms with van der Waals surface area (Å²) in [7, 11) is 0. The molecular formula is C16H14F2N2O. The third-order valence-electron chi connectivity index (χ3n) is 3.46. The van der Waals surface area contributed by atoms with Crippen LogP contribution >= 0.6 is 0 Å². The summed E-state index contributed by atoms with van der Waals surface area (Å²) in [6.45, 7) is 0.896. The number of carbonyl (C=O) groups is 1. The molecular weight excluding hydrogens is 274 g/mol. The number of anilines is 2. The molecule has 0 aliphatic carbocycles. The molecule has 1 aliphatic rings. The van der Waals surface area contributed by atoms with E-state index in [1.54, 1.807) is 6.07 Å². The average Bonchev–Trinajstić information content (AvgIpc) is 2.89. The minimum absolute atomic E-state index is 0.124. The highest BCUT2D eigenvalue weighted by Crippen LogP contribution is 2.25. The van der Waals surface area contributed by atoms with Gasteiger partial charge in [-0.25, -0.2) is 8.78 Å². The van der Waals surface area contributed by atoms with Gasteiger partial charge in [0.05, 0.1) is 6.42 Å². The summed E-state index contributed by atoms with van der Waals surface area (Å²) in [6.07, 6.45) is 0.799. The van der Waals surface area contributed by atoms with Gasteiger partial charge in [0.25, 0.3) is 0 Å². The molecule has 2 aromatic carbocycles. The van der Waals surface area contributed by atoms with E-state index in [9.17, 15) is 13.6 Å². The van der Waals surface area contributed by atoms with Gasteiger partial charge in [0.2, 0.25) is 5.91 Å². The summed E-state index contributed by atoms with van der Waals surface area (Å²) < 4.78 is 26.3. The molecule has 0 spiro atoms. The predicted octanol–water partition coefficient (Wildman–Crippen LogP) is 3.11. The molecule has 1 heterocycles. The van der Waals surface area contributed by atoms with E-state index < -0.39 is 11.6 Å². The largest absolute Gasteiger partial charge is 0.384 e. The molecule has 0 radical (unpaired) electrons. The van der Waals surface area contributed by atoms with Gasteiger partial charge >= 0.3 is 0 Å². The Kier molecular flexibility index (Phi) is 3.56. The molecule has 1 amide bonds. The molecule has 0 fully saturated rings. The van der Waals surface area contributed by atoms with Crippen molar-refractivity contribution in [1.29, 1.82) is 0 Å². The van der Waals surface area contributed by atoms with Crippen LogP contribution in [0.15, 0.2) is 36.4 Å². The molecule has 0 saturated heterocycles. The van der Waals surface area contributed by atoms with Gasteiger partial charge < -0.3 is 10.6 Å². The maximum atomic E-state index is 13.5. The molecule has 1 aliphatic heterocycles. The van der Waals surface area contributed by atoms with Gasteiger partial charge in [-0.2, -0.15) is 0 Å². The topological polar surface area (TPSA) is 41.1 Å². The SMILES string of the molecule is O=C(Cc1ccc(F)cc1F)Nc1ccc2c(c1)CCN2. The number of hydrogen-bond acceptors (Lipinski definition) is 2. The average molecular weight is 288 g/mol. The fourth-order valence-electron chi connectivity index (χ4n) is 2.43. The summed E-state index contributed by atoms with van der Waals surface area (Å²) >= 11 is 0. The molecule has 108 valence electrons. The molecule has 2 N–H and O–H groups in total. The molecule has 0 atom stereocenters. The lowest BCUT2D eigenvalue weighted by Gasteiger charge is -2.08. The number of nitrogens with one attached hydrogen (secondary N) is 2. The van der Waals surface area contributed by atoms with Crippen molar-refractivity contribution >= 4 is 17.3 Å². The van der Waals surface area contributed by atoms with Gasteiger partial charge in [0.1, 0.15) is 11.6 Å². The third kappa shape index (κ3) is 3.02. The van der Waals surface area contributed by atoms with Gasteiger partial charge in [0.15, 0.2) is 0 Å². The van der Waals surface area contributed by atoms with E-state index in [0.29, 0.717) is 5.69 Å². The zero-order valence-corrected chi connectivity index (χ0v) is 11.2. The van der Waals surface area contributed by atoms with E-state index in [1.165, 1.54) is 6.07 Å². The van der Waals surface area contributed by atoms with Crippen molar-refractivity contribution in [3.8, 4) is 0 Å². The minimum atomic E-state index is -0.705. The third-order valence-corrected chi connectivity index (χ3v) is 3.46. The van der Waals surface area contributed by atoms with Gasteiger partial charge in [-0.05, 0) is 41.8 Å². The standard InChI is InChI=1S/C16H14F2N2O/c17-12-2-1-10(14(18)9-12)8-16(21)20-13-3-4-15-11(7-13)5-6-19-15/h1-4,7,9,19H,5-6,8H2,(H,20,21). The van der Waals surface area contributed by atoms with Crippen molar-refractivity contribution in [2.75, 3.05) is 17.2 Å². The number of carbonyl (C=O) groups excluding carboxylic acids is 1. The highest BCUT2D eigenvalue weighted by molar-refractivity contribution is 5.92. The molecule has 2 aromatic rings. The monoisotopic (exact) mass is 288 g/mol. The van der Waals surface area contributed by atoms with Crippen LogP contribution in [-0.4, -0.2) is 12.5 Å². The number of fused-ring (bicyclic) bond motifs is 1. The van der Waals surface area contributed by atoms with Gasteiger partial charge in [-0.1, -0.05) is 6.07 Å². The van der Waals surface area contributed by atoms with Gasteiger partial charge in [-0.15, -0.1) is 0 Å². The van der Waals surface area contributed by atoms with E-state index in [2.05, 4.69) is 10.6 Å². The minimum Gasteiger partial charge on any atom is -0.384 e. The van der Waals surface area contributed by atoms with Crippen LogP contribution in [0.2, 0.25) is 0 Å². The Morgan fingerprint density at radius 3 is 2.86 bits per heavy atom. The quantitative estimate of drug-likeness (QED) is 0.911. The Hall–Kier alpha value is -2.43. The molecule has 0 unspecified atom stereocenters. The Morgan fingerprint density at radius 1 is 1.19 bits per heavy atom. The van der Waals surface area contributed by atoms with Crippen molar-refractivity contribution in [1.82, 2.24) is 0 Å². The zero-order chi connectivity index (χ0) is 14.8. The fourth-order valence-corrected chi connectivity index (χ4v) is 2.43. The summed E-state index contributed by atoms with van der Waals surface area (Å²) in [5, 5.41) is 5.97. The molecule has 0 bridgehead atoms. The number of halogens is 2. The first-order valence-corrected chi connectivity index (χ1v) is 6.72. The van der Waals surface area contributed by atoms with Crippen LogP contribution in [0.4, 0.5) is 20.2 Å². The lowest BCUT2D eigenvalue weighted by Crippen LogP contribution is -2.15. The summed E-state index contributed by atoms with van der Waals surface area (Å²) in [5.74, 6) is -1.68. The fraction of sp³-hybridized carbons (Fsp3) is 0.188. The van der Waals surface area contributed by atoms with Crippen molar-refractivity contribution in [2.24, 2.45) is 0 Å². The predicted molar refractivity (Wildman–Crippen MR) is 77.3 cm³/mol. The Labute approximate surface area is 121 Å². The van der Waals surface area contributed by atoms with E-state index in [4.69, 9.17) is 0 Å². The first-order valence-electron chi connectivity index (χ1n) is 6.72. The second-order valence-electron chi connectivity index (χ2n) is 5.01. The Bertz CT molecular complexity index is 701. The van der Waals surface area contributed by atoms with Crippen LogP contribution in [0.5, 0.6) is 0 Å². The second-order valence-corrected chi connectivity index (χ2v) is 5.01. The first kappa shape index (κ1) is 13.5. The summed E-state index contributed by atoms with van der Waals surface area (Å²) in [4.78, 5) is 11.9. The number of amides is 1. The number of rotatable bonds is 3. The van der Waals surface area contributed by atoms with Gasteiger partial charge in [-0.3, -0.25) is 4.79 Å². The highest BCUT2D eigenvalue weighted by atomic mass is 19.1. The van der Waals surface area contributed by atoms with E-state index in [-0.39, 0.29) is 17.9 Å². The van der Waals surface area contributed by atoms with Crippen LogP contribution in [0.1, 0.15) is 11.1 Å². The number of benzene rings is 2. The van der Waals surface area contributed by atoms with Crippen LogP contribution in [0.3, 0.4) is 0 Å². The lowest BCUT2D eigenvalue weighted by molar-refractivity contribution is -0.115.